The van der Waals surface area contributed by atoms with E-state index in [0.29, 0.717) is 0 Å². The van der Waals surface area contributed by atoms with Crippen LogP contribution < -0.4 is 0 Å². The molecule has 4 aliphatic rings. The molecule has 6 aromatic heterocycles. The third-order valence-corrected chi connectivity index (χ3v) is 9.40. The second kappa shape index (κ2) is 12.0. The Hall–Kier alpha value is -6.80. The summed E-state index contributed by atoms with van der Waals surface area (Å²) in [7, 11) is 0. The maximum atomic E-state index is 4.88. The lowest BCUT2D eigenvalue weighted by Gasteiger charge is -2.00. The highest BCUT2D eigenvalue weighted by atomic mass is 14.8. The van der Waals surface area contributed by atoms with E-state index in [2.05, 4.69) is 105 Å². The van der Waals surface area contributed by atoms with Gasteiger partial charge < -0.3 is 19.9 Å². The Morgan fingerprint density at radius 1 is 0.314 bits per heavy atom. The molecule has 0 saturated carbocycles. The Morgan fingerprint density at radius 2 is 0.647 bits per heavy atom. The molecular weight excluding hydrogens is 629 g/mol. The van der Waals surface area contributed by atoms with Crippen molar-refractivity contribution in [2.75, 3.05) is 0 Å². The van der Waals surface area contributed by atoms with Crippen molar-refractivity contribution in [3.05, 3.63) is 142 Å². The van der Waals surface area contributed by atoms with E-state index in [4.69, 9.17) is 19.9 Å². The molecule has 8 heteroatoms. The first-order chi connectivity index (χ1) is 25.1. The van der Waals surface area contributed by atoms with Gasteiger partial charge in [0.15, 0.2) is 0 Å². The predicted molar refractivity (Wildman–Crippen MR) is 210 cm³/mol. The Labute approximate surface area is 292 Å². The first kappa shape index (κ1) is 29.1. The Kier molecular flexibility index (Phi) is 6.84. The minimum atomic E-state index is 0.895. The molecule has 0 unspecified atom stereocenters. The number of H-pyrrole nitrogens is 4. The van der Waals surface area contributed by atoms with Crippen molar-refractivity contribution in [1.29, 1.82) is 0 Å². The van der Waals surface area contributed by atoms with Crippen LogP contribution in [0.2, 0.25) is 0 Å². The minimum absolute atomic E-state index is 0.895. The molecule has 6 aromatic rings. The van der Waals surface area contributed by atoms with Crippen LogP contribution in [0.3, 0.4) is 0 Å². The fourth-order valence-corrected chi connectivity index (χ4v) is 7.04. The van der Waals surface area contributed by atoms with Gasteiger partial charge in [-0.25, -0.2) is 19.9 Å². The maximum absolute atomic E-state index is 4.88. The highest BCUT2D eigenvalue weighted by Gasteiger charge is 2.09. The Bertz CT molecular complexity index is 2660. The summed E-state index contributed by atoms with van der Waals surface area (Å²) >= 11 is 0. The van der Waals surface area contributed by atoms with Gasteiger partial charge in [0.05, 0.1) is 45.6 Å². The number of aromatic nitrogens is 8. The van der Waals surface area contributed by atoms with E-state index in [9.17, 15) is 0 Å². The molecule has 4 N–H and O–H groups in total. The van der Waals surface area contributed by atoms with Gasteiger partial charge in [-0.3, -0.25) is 0 Å². The molecular formula is C43H32N8. The molecule has 0 saturated heterocycles. The van der Waals surface area contributed by atoms with E-state index < -0.39 is 0 Å². The van der Waals surface area contributed by atoms with Crippen molar-refractivity contribution in [3.63, 3.8) is 0 Å². The van der Waals surface area contributed by atoms with Crippen molar-refractivity contribution in [2.24, 2.45) is 0 Å². The van der Waals surface area contributed by atoms with Gasteiger partial charge in [-0.05, 0) is 164 Å². The monoisotopic (exact) mass is 660 g/mol. The van der Waals surface area contributed by atoms with Crippen LogP contribution in [0.1, 0.15) is 63.1 Å². The van der Waals surface area contributed by atoms with Crippen LogP contribution >= 0.6 is 0 Å². The van der Waals surface area contributed by atoms with Crippen LogP contribution in [-0.4, -0.2) is 39.9 Å². The highest BCUT2D eigenvalue weighted by molar-refractivity contribution is 5.80. The summed E-state index contributed by atoms with van der Waals surface area (Å²) < 4.78 is 0. The topological polar surface area (TPSA) is 115 Å². The first-order valence-corrected chi connectivity index (χ1v) is 17.2. The van der Waals surface area contributed by atoms with E-state index in [-0.39, 0.29) is 0 Å². The number of hydrogen-bond donors (Lipinski definition) is 4. The van der Waals surface area contributed by atoms with Crippen molar-refractivity contribution >= 4 is 92.7 Å². The zero-order chi connectivity index (χ0) is 33.7. The molecule has 0 aromatic carbocycles. The van der Waals surface area contributed by atoms with E-state index >= 15 is 0 Å². The van der Waals surface area contributed by atoms with Gasteiger partial charge in [0, 0.05) is 44.1 Å². The van der Waals surface area contributed by atoms with Gasteiger partial charge >= 0.3 is 0 Å². The second-order valence-electron chi connectivity index (χ2n) is 13.3. The normalized spacial score (nSPS) is 13.0. The lowest BCUT2D eigenvalue weighted by Crippen LogP contribution is -1.89. The third-order valence-electron chi connectivity index (χ3n) is 9.40. The molecule has 8 nitrogen and oxygen atoms in total. The number of fused-ring (bicyclic) bond motifs is 16. The summed E-state index contributed by atoms with van der Waals surface area (Å²) in [6, 6.07) is 29.7. The molecule has 10 rings (SSSR count). The number of aryl methyl sites for hydroxylation is 2. The Balaban J connectivity index is 1.03. The van der Waals surface area contributed by atoms with Gasteiger partial charge in [0.1, 0.15) is 0 Å². The summed E-state index contributed by atoms with van der Waals surface area (Å²) in [4.78, 5) is 33.6. The number of nitrogens with zero attached hydrogens (tertiary/aromatic N) is 4. The van der Waals surface area contributed by atoms with Gasteiger partial charge in [0.25, 0.3) is 0 Å². The Morgan fingerprint density at radius 3 is 1.04 bits per heavy atom. The lowest BCUT2D eigenvalue weighted by molar-refractivity contribution is 0.831. The largest absolute Gasteiger partial charge is 0.355 e. The quantitative estimate of drug-likeness (QED) is 0.150. The van der Waals surface area contributed by atoms with E-state index in [1.807, 2.05) is 48.6 Å². The summed E-state index contributed by atoms with van der Waals surface area (Å²) in [5.74, 6) is 0. The molecule has 10 heterocycles. The maximum Gasteiger partial charge on any atom is 0.0659 e. The van der Waals surface area contributed by atoms with Crippen molar-refractivity contribution in [3.8, 4) is 0 Å². The van der Waals surface area contributed by atoms with Crippen LogP contribution in [-0.2, 0) is 12.8 Å². The fourth-order valence-electron chi connectivity index (χ4n) is 7.04. The average Bonchev–Trinajstić information content (AvgIpc) is 3.94. The zero-order valence-electron chi connectivity index (χ0n) is 27.6. The molecule has 4 aliphatic heterocycles. The number of hydrogen-bond acceptors (Lipinski definition) is 4. The molecule has 0 atom stereocenters. The van der Waals surface area contributed by atoms with E-state index in [1.165, 1.54) is 11.1 Å². The van der Waals surface area contributed by atoms with Gasteiger partial charge in [-0.15, -0.1) is 0 Å². The third kappa shape index (κ3) is 6.15. The summed E-state index contributed by atoms with van der Waals surface area (Å²) in [6.45, 7) is 0. The van der Waals surface area contributed by atoms with E-state index in [1.54, 1.807) is 0 Å². The summed E-state index contributed by atoms with van der Waals surface area (Å²) in [6.07, 6.45) is 19.1. The second-order valence-corrected chi connectivity index (χ2v) is 13.3. The molecule has 0 aliphatic carbocycles. The number of nitrogens with one attached hydrogen (secondary N) is 4. The number of aromatic amines is 4. The van der Waals surface area contributed by atoms with Crippen LogP contribution in [0.5, 0.6) is 0 Å². The first-order valence-electron chi connectivity index (χ1n) is 17.2. The van der Waals surface area contributed by atoms with Crippen molar-refractivity contribution < 1.29 is 0 Å². The molecule has 0 fully saturated rings. The molecule has 0 spiro atoms. The summed E-state index contributed by atoms with van der Waals surface area (Å²) in [5, 5.41) is 0. The molecule has 244 valence electrons. The average molecular weight is 661 g/mol. The number of rotatable bonds is 4. The predicted octanol–water partition coefficient (Wildman–Crippen LogP) is 9.80. The van der Waals surface area contributed by atoms with Crippen LogP contribution in [0.15, 0.2) is 84.9 Å². The summed E-state index contributed by atoms with van der Waals surface area (Å²) in [5.41, 5.74) is 18.1. The zero-order valence-corrected chi connectivity index (χ0v) is 27.6. The van der Waals surface area contributed by atoms with Crippen LogP contribution in [0.25, 0.3) is 92.7 Å². The minimum Gasteiger partial charge on any atom is -0.355 e. The van der Waals surface area contributed by atoms with Crippen molar-refractivity contribution in [2.45, 2.75) is 19.3 Å². The lowest BCUT2D eigenvalue weighted by atomic mass is 10.1. The van der Waals surface area contributed by atoms with Crippen LogP contribution in [0, 0.1) is 0 Å². The molecule has 51 heavy (non-hydrogen) atoms. The smallest absolute Gasteiger partial charge is 0.0659 e. The molecule has 0 amide bonds. The van der Waals surface area contributed by atoms with E-state index in [0.717, 1.165) is 109 Å². The van der Waals surface area contributed by atoms with Crippen molar-refractivity contribution in [1.82, 2.24) is 39.9 Å². The SMILES string of the molecule is C1=Cc2cc3ccc(cc4cc(CCCc5cc6cc7ccc(cc8nc(cc9nc(cc5[nH]6)C=C9)C=C8)[nH]7)c(cc5nc(cc1n2)C=C5)[nH]4)[nH]3. The fraction of sp³-hybridized carbons (Fsp3) is 0.0698. The van der Waals surface area contributed by atoms with Gasteiger partial charge in [-0.2, -0.15) is 0 Å². The standard InChI is InChI=1S/C43H32N8/c1(2-26-16-40-22-36-10-8-32(46-36)18-28-4-6-30(44-28)20-34-12-14-38(48-34)24-42(26)50-40)3-27-17-41-23-37-11-9-33(47-37)19-29-5-7-31(45-29)21-35-13-15-39(49-35)25-43(27)51-41/h4-25,46-47,50-51H,1-3H2. The highest BCUT2D eigenvalue weighted by Crippen LogP contribution is 2.24. The molecule has 16 bridgehead atoms. The molecule has 0 radical (unpaired) electrons. The van der Waals surface area contributed by atoms with Gasteiger partial charge in [0.2, 0.25) is 0 Å². The van der Waals surface area contributed by atoms with Gasteiger partial charge in [-0.1, -0.05) is 0 Å². The van der Waals surface area contributed by atoms with Crippen LogP contribution in [0.4, 0.5) is 0 Å².